The molecule has 1 aromatic heterocycles. The molecule has 0 spiro atoms. The Morgan fingerprint density at radius 3 is 2.74 bits per heavy atom. The van der Waals surface area contributed by atoms with Gasteiger partial charge < -0.3 is 19.8 Å². The van der Waals surface area contributed by atoms with Gasteiger partial charge in [0, 0.05) is 31.5 Å². The summed E-state index contributed by atoms with van der Waals surface area (Å²) in [6.07, 6.45) is 2.00. The number of nitrogens with two attached hydrogens (primary N) is 1. The van der Waals surface area contributed by atoms with Gasteiger partial charge in [0.05, 0.1) is 12.2 Å². The van der Waals surface area contributed by atoms with Crippen molar-refractivity contribution in [1.82, 2.24) is 4.57 Å². The number of hydrogen-bond donors (Lipinski definition) is 1. The summed E-state index contributed by atoms with van der Waals surface area (Å²) in [5.41, 5.74) is 5.35. The lowest BCUT2D eigenvalue weighted by Gasteiger charge is -2.22. The number of ether oxygens (including phenoxy) is 2. The predicted octanol–water partition coefficient (Wildman–Crippen LogP) is 0.789. The van der Waals surface area contributed by atoms with Crippen molar-refractivity contribution < 1.29 is 14.3 Å². The van der Waals surface area contributed by atoms with E-state index >= 15 is 0 Å². The van der Waals surface area contributed by atoms with Gasteiger partial charge in [0.2, 0.25) is 0 Å². The Kier molecular flexibility index (Phi) is 5.11. The van der Waals surface area contributed by atoms with E-state index in [-0.39, 0.29) is 24.3 Å². The van der Waals surface area contributed by atoms with E-state index in [0.29, 0.717) is 12.1 Å². The highest BCUT2D eigenvalue weighted by Gasteiger charge is 2.17. The van der Waals surface area contributed by atoms with E-state index < -0.39 is 5.97 Å². The van der Waals surface area contributed by atoms with Crippen molar-refractivity contribution in [3.05, 3.63) is 28.7 Å². The number of anilines is 1. The van der Waals surface area contributed by atoms with Gasteiger partial charge in [-0.1, -0.05) is 0 Å². The number of nitrogens with zero attached hydrogens (tertiary/aromatic N) is 1. The number of carbonyl (C=O) groups excluding carboxylic acids is 1. The van der Waals surface area contributed by atoms with E-state index in [1.807, 2.05) is 13.8 Å². The van der Waals surface area contributed by atoms with Gasteiger partial charge in [0.15, 0.2) is 0 Å². The fourth-order valence-corrected chi connectivity index (χ4v) is 1.37. The minimum atomic E-state index is -0.473. The largest absolute Gasteiger partial charge is 0.464 e. The average molecular weight is 268 g/mol. The molecule has 1 heterocycles. The second-order valence-corrected chi connectivity index (χ2v) is 4.86. The molecule has 0 bridgehead atoms. The second kappa shape index (κ2) is 6.38. The normalized spacial score (nSPS) is 11.3. The van der Waals surface area contributed by atoms with Crippen LogP contribution in [-0.2, 0) is 20.8 Å². The number of methoxy groups -OCH3 is 1. The molecule has 1 rings (SSSR count). The molecular weight excluding hydrogens is 248 g/mol. The first-order valence-electron chi connectivity index (χ1n) is 6.01. The van der Waals surface area contributed by atoms with Crippen LogP contribution < -0.4 is 11.3 Å². The summed E-state index contributed by atoms with van der Waals surface area (Å²) in [6, 6.07) is 2.81. The van der Waals surface area contributed by atoms with Crippen LogP contribution in [0, 0.1) is 0 Å². The minimum absolute atomic E-state index is 0.142. The summed E-state index contributed by atoms with van der Waals surface area (Å²) >= 11 is 0. The summed E-state index contributed by atoms with van der Waals surface area (Å²) in [6.45, 7) is 3.92. The summed E-state index contributed by atoms with van der Waals surface area (Å²) in [4.78, 5) is 23.1. The Morgan fingerprint density at radius 2 is 2.11 bits per heavy atom. The quantitative estimate of drug-likeness (QED) is 0.771. The van der Waals surface area contributed by atoms with Crippen molar-refractivity contribution in [2.75, 3.05) is 19.5 Å². The van der Waals surface area contributed by atoms with Gasteiger partial charge in [0.25, 0.3) is 5.56 Å². The number of nitrogen functional groups attached to an aromatic ring is 1. The Bertz CT molecular complexity index is 494. The molecule has 0 aliphatic rings. The summed E-state index contributed by atoms with van der Waals surface area (Å²) in [7, 11) is 1.61. The molecule has 0 atom stereocenters. The number of hydrogen-bond acceptors (Lipinski definition) is 5. The highest BCUT2D eigenvalue weighted by molar-refractivity contribution is 5.69. The van der Waals surface area contributed by atoms with Gasteiger partial charge in [-0.2, -0.15) is 0 Å². The van der Waals surface area contributed by atoms with Crippen LogP contribution >= 0.6 is 0 Å². The number of carbonyl (C=O) groups is 1. The van der Waals surface area contributed by atoms with Gasteiger partial charge >= 0.3 is 5.97 Å². The Morgan fingerprint density at radius 1 is 1.42 bits per heavy atom. The van der Waals surface area contributed by atoms with E-state index in [1.54, 1.807) is 7.11 Å². The molecule has 0 radical (unpaired) electrons. The third kappa shape index (κ3) is 5.13. The smallest absolute Gasteiger partial charge is 0.326 e. The van der Waals surface area contributed by atoms with Crippen LogP contribution in [0.4, 0.5) is 5.69 Å². The number of rotatable bonds is 6. The molecular formula is C13H20N2O4. The van der Waals surface area contributed by atoms with Crippen LogP contribution in [0.3, 0.4) is 0 Å². The average Bonchev–Trinajstić information content (AvgIpc) is 2.33. The number of aromatic nitrogens is 1. The lowest BCUT2D eigenvalue weighted by molar-refractivity contribution is -0.145. The minimum Gasteiger partial charge on any atom is -0.464 e. The maximum absolute atomic E-state index is 11.6. The zero-order valence-electron chi connectivity index (χ0n) is 11.5. The summed E-state index contributed by atoms with van der Waals surface area (Å²) in [5.74, 6) is -0.473. The van der Waals surface area contributed by atoms with E-state index in [2.05, 4.69) is 0 Å². The van der Waals surface area contributed by atoms with E-state index in [4.69, 9.17) is 15.2 Å². The lowest BCUT2D eigenvalue weighted by atomic mass is 10.1. The topological polar surface area (TPSA) is 83.6 Å². The van der Waals surface area contributed by atoms with Gasteiger partial charge in [-0.3, -0.25) is 9.59 Å². The Labute approximate surface area is 112 Å². The molecule has 0 unspecified atom stereocenters. The molecule has 0 aliphatic carbocycles. The first-order valence-corrected chi connectivity index (χ1v) is 6.01. The summed E-state index contributed by atoms with van der Waals surface area (Å²) in [5, 5.41) is 0. The maximum Gasteiger partial charge on any atom is 0.326 e. The third-order valence-corrected chi connectivity index (χ3v) is 2.83. The number of esters is 1. The zero-order chi connectivity index (χ0) is 14.5. The van der Waals surface area contributed by atoms with Crippen molar-refractivity contribution in [2.45, 2.75) is 32.4 Å². The van der Waals surface area contributed by atoms with Crippen molar-refractivity contribution in [3.8, 4) is 0 Å². The first-order chi connectivity index (χ1) is 8.84. The molecule has 0 aliphatic heterocycles. The van der Waals surface area contributed by atoms with E-state index in [0.717, 1.165) is 0 Å². The maximum atomic E-state index is 11.6. The molecule has 0 aromatic carbocycles. The fraction of sp³-hybridized carbons (Fsp3) is 0.538. The molecule has 1 aromatic rings. The fourth-order valence-electron chi connectivity index (χ4n) is 1.37. The molecule has 19 heavy (non-hydrogen) atoms. The van der Waals surface area contributed by atoms with Crippen LogP contribution in [0.15, 0.2) is 23.1 Å². The zero-order valence-corrected chi connectivity index (χ0v) is 11.5. The van der Waals surface area contributed by atoms with Gasteiger partial charge in [-0.15, -0.1) is 0 Å². The summed E-state index contributed by atoms with van der Waals surface area (Å²) < 4.78 is 11.5. The lowest BCUT2D eigenvalue weighted by Crippen LogP contribution is -2.28. The third-order valence-electron chi connectivity index (χ3n) is 2.83. The molecule has 6 heteroatoms. The van der Waals surface area contributed by atoms with Crippen molar-refractivity contribution in [1.29, 1.82) is 0 Å². The van der Waals surface area contributed by atoms with Crippen LogP contribution in [0.2, 0.25) is 0 Å². The molecule has 2 N–H and O–H groups in total. The molecule has 0 saturated heterocycles. The van der Waals surface area contributed by atoms with E-state index in [1.165, 1.54) is 22.9 Å². The van der Waals surface area contributed by atoms with Crippen molar-refractivity contribution in [3.63, 3.8) is 0 Å². The molecule has 106 valence electrons. The van der Waals surface area contributed by atoms with E-state index in [9.17, 15) is 9.59 Å². The standard InChI is InChI=1S/C13H20N2O4/c1-13(2,18-3)6-7-19-12(17)9-15-8-10(14)4-5-11(15)16/h4-5,8H,6-7,9,14H2,1-3H3. The second-order valence-electron chi connectivity index (χ2n) is 4.86. The highest BCUT2D eigenvalue weighted by Crippen LogP contribution is 2.12. The molecule has 6 nitrogen and oxygen atoms in total. The number of pyridine rings is 1. The Hall–Kier alpha value is -1.82. The highest BCUT2D eigenvalue weighted by atomic mass is 16.5. The first kappa shape index (κ1) is 15.2. The van der Waals surface area contributed by atoms with Crippen LogP contribution in [0.1, 0.15) is 20.3 Å². The van der Waals surface area contributed by atoms with Gasteiger partial charge in [-0.25, -0.2) is 0 Å². The van der Waals surface area contributed by atoms with Crippen LogP contribution in [0.25, 0.3) is 0 Å². The molecule has 0 fully saturated rings. The van der Waals surface area contributed by atoms with Crippen LogP contribution in [-0.4, -0.2) is 29.9 Å². The van der Waals surface area contributed by atoms with Gasteiger partial charge in [-0.05, 0) is 19.9 Å². The van der Waals surface area contributed by atoms with Crippen molar-refractivity contribution >= 4 is 11.7 Å². The van der Waals surface area contributed by atoms with Crippen molar-refractivity contribution in [2.24, 2.45) is 0 Å². The Balaban J connectivity index is 2.48. The SMILES string of the molecule is COC(C)(C)CCOC(=O)Cn1cc(N)ccc1=O. The van der Waals surface area contributed by atoms with Crippen LogP contribution in [0.5, 0.6) is 0 Å². The monoisotopic (exact) mass is 268 g/mol. The molecule has 0 amide bonds. The van der Waals surface area contributed by atoms with Gasteiger partial charge in [0.1, 0.15) is 6.54 Å². The predicted molar refractivity (Wildman–Crippen MR) is 71.8 cm³/mol. The molecule has 0 saturated carbocycles.